The number of sulfone groups is 1. The van der Waals surface area contributed by atoms with Crippen LogP contribution in [-0.2, 0) is 9.84 Å². The third-order valence-corrected chi connectivity index (χ3v) is 5.68. The van der Waals surface area contributed by atoms with Gasteiger partial charge < -0.3 is 15.3 Å². The predicted octanol–water partition coefficient (Wildman–Crippen LogP) is 0.809. The summed E-state index contributed by atoms with van der Waals surface area (Å²) in [6.45, 7) is 6.52. The Morgan fingerprint density at radius 3 is 2.43 bits per heavy atom. The summed E-state index contributed by atoms with van der Waals surface area (Å²) in [4.78, 5) is 2.65. The van der Waals surface area contributed by atoms with Crippen molar-refractivity contribution in [1.82, 2.24) is 10.2 Å². The second-order valence-electron chi connectivity index (χ2n) is 5.37. The van der Waals surface area contributed by atoms with E-state index in [0.29, 0.717) is 11.3 Å². The van der Waals surface area contributed by atoms with Crippen LogP contribution in [0.25, 0.3) is 0 Å². The molecule has 0 bridgehead atoms. The first-order chi connectivity index (χ1) is 10.0. The van der Waals surface area contributed by atoms with E-state index >= 15 is 0 Å². The van der Waals surface area contributed by atoms with Crippen LogP contribution in [0.5, 0.6) is 0 Å². The van der Waals surface area contributed by atoms with Crippen LogP contribution >= 0.6 is 0 Å². The van der Waals surface area contributed by atoms with Crippen molar-refractivity contribution in [3.8, 4) is 0 Å². The standard InChI is InChI=1S/C15H24N2O3S/c1-2-21(19,20)14-5-3-13(4-6-14)15(18)7-10-17-11-8-16-9-12-17/h3-6,15-16,18H,2,7-12H2,1H3. The first-order valence-corrected chi connectivity index (χ1v) is 9.12. The molecular formula is C15H24N2O3S. The van der Waals surface area contributed by atoms with Gasteiger partial charge in [0, 0.05) is 32.7 Å². The Balaban J connectivity index is 1.91. The number of nitrogens with one attached hydrogen (secondary N) is 1. The predicted molar refractivity (Wildman–Crippen MR) is 83.1 cm³/mol. The Bertz CT molecular complexity index is 537. The minimum absolute atomic E-state index is 0.0951. The van der Waals surface area contributed by atoms with Crippen LogP contribution in [0.3, 0.4) is 0 Å². The Kier molecular flexibility index (Phi) is 5.75. The molecule has 0 aliphatic carbocycles. The van der Waals surface area contributed by atoms with Crippen molar-refractivity contribution in [3.05, 3.63) is 29.8 Å². The maximum absolute atomic E-state index is 11.7. The van der Waals surface area contributed by atoms with Gasteiger partial charge in [0.25, 0.3) is 0 Å². The molecule has 1 aromatic carbocycles. The molecule has 2 rings (SSSR count). The van der Waals surface area contributed by atoms with Gasteiger partial charge in [-0.15, -0.1) is 0 Å². The highest BCUT2D eigenvalue weighted by atomic mass is 32.2. The average molecular weight is 312 g/mol. The lowest BCUT2D eigenvalue weighted by molar-refractivity contribution is 0.136. The molecule has 0 radical (unpaired) electrons. The number of hydrogen-bond donors (Lipinski definition) is 2. The molecule has 0 aromatic heterocycles. The molecule has 1 aliphatic heterocycles. The van der Waals surface area contributed by atoms with Crippen LogP contribution < -0.4 is 5.32 Å². The van der Waals surface area contributed by atoms with Crippen molar-refractivity contribution in [3.63, 3.8) is 0 Å². The first kappa shape index (κ1) is 16.4. The van der Waals surface area contributed by atoms with Crippen LogP contribution in [0.1, 0.15) is 25.0 Å². The van der Waals surface area contributed by atoms with Gasteiger partial charge in [-0.1, -0.05) is 19.1 Å². The molecule has 1 fully saturated rings. The molecule has 1 atom stereocenters. The van der Waals surface area contributed by atoms with Crippen LogP contribution in [-0.4, -0.2) is 56.9 Å². The Morgan fingerprint density at radius 2 is 1.86 bits per heavy atom. The van der Waals surface area contributed by atoms with Gasteiger partial charge in [0.05, 0.1) is 16.8 Å². The summed E-state index contributed by atoms with van der Waals surface area (Å²) < 4.78 is 23.5. The fourth-order valence-corrected chi connectivity index (χ4v) is 3.35. The molecular weight excluding hydrogens is 288 g/mol. The van der Waals surface area contributed by atoms with E-state index in [-0.39, 0.29) is 5.75 Å². The summed E-state index contributed by atoms with van der Waals surface area (Å²) in [6.07, 6.45) is 0.123. The number of rotatable bonds is 6. The Labute approximate surface area is 126 Å². The maximum atomic E-state index is 11.7. The highest BCUT2D eigenvalue weighted by molar-refractivity contribution is 7.91. The SMILES string of the molecule is CCS(=O)(=O)c1ccc(C(O)CCN2CCNCC2)cc1. The van der Waals surface area contributed by atoms with Crippen LogP contribution in [0.15, 0.2) is 29.2 Å². The lowest BCUT2D eigenvalue weighted by atomic mass is 10.1. The zero-order valence-corrected chi connectivity index (χ0v) is 13.3. The molecule has 1 saturated heterocycles. The fraction of sp³-hybridized carbons (Fsp3) is 0.600. The second-order valence-corrected chi connectivity index (χ2v) is 7.65. The summed E-state index contributed by atoms with van der Waals surface area (Å²) in [6, 6.07) is 6.60. The number of hydrogen-bond acceptors (Lipinski definition) is 5. The smallest absolute Gasteiger partial charge is 0.178 e. The zero-order chi connectivity index (χ0) is 15.3. The Morgan fingerprint density at radius 1 is 1.24 bits per heavy atom. The summed E-state index contributed by atoms with van der Waals surface area (Å²) in [5, 5.41) is 13.5. The van der Waals surface area contributed by atoms with Crippen LogP contribution in [0, 0.1) is 0 Å². The minimum Gasteiger partial charge on any atom is -0.388 e. The zero-order valence-electron chi connectivity index (χ0n) is 12.5. The number of benzene rings is 1. The number of aliphatic hydroxyl groups is 1. The molecule has 1 aromatic rings. The molecule has 6 heteroatoms. The maximum Gasteiger partial charge on any atom is 0.178 e. The quantitative estimate of drug-likeness (QED) is 0.813. The van der Waals surface area contributed by atoms with E-state index in [9.17, 15) is 13.5 Å². The Hall–Kier alpha value is -0.950. The van der Waals surface area contributed by atoms with E-state index in [4.69, 9.17) is 0 Å². The number of aliphatic hydroxyl groups excluding tert-OH is 1. The van der Waals surface area contributed by atoms with Gasteiger partial charge in [-0.05, 0) is 24.1 Å². The van der Waals surface area contributed by atoms with Crippen molar-refractivity contribution in [1.29, 1.82) is 0 Å². The van der Waals surface area contributed by atoms with E-state index in [1.54, 1.807) is 31.2 Å². The van der Waals surface area contributed by atoms with E-state index in [0.717, 1.165) is 38.3 Å². The molecule has 118 valence electrons. The molecule has 1 aliphatic rings. The van der Waals surface area contributed by atoms with Crippen molar-refractivity contribution < 1.29 is 13.5 Å². The topological polar surface area (TPSA) is 69.6 Å². The van der Waals surface area contributed by atoms with Gasteiger partial charge in [-0.2, -0.15) is 0 Å². The second kappa shape index (κ2) is 7.35. The van der Waals surface area contributed by atoms with Gasteiger partial charge >= 0.3 is 0 Å². The number of nitrogens with zero attached hydrogens (tertiary/aromatic N) is 1. The largest absolute Gasteiger partial charge is 0.388 e. The molecule has 2 N–H and O–H groups in total. The van der Waals surface area contributed by atoms with Gasteiger partial charge in [0.15, 0.2) is 9.84 Å². The molecule has 0 spiro atoms. The van der Waals surface area contributed by atoms with Crippen molar-refractivity contribution >= 4 is 9.84 Å². The minimum atomic E-state index is -3.17. The third kappa shape index (κ3) is 4.51. The van der Waals surface area contributed by atoms with Gasteiger partial charge in [0.2, 0.25) is 0 Å². The molecule has 1 unspecified atom stereocenters. The monoisotopic (exact) mass is 312 g/mol. The highest BCUT2D eigenvalue weighted by Gasteiger charge is 2.15. The van der Waals surface area contributed by atoms with Crippen molar-refractivity contribution in [2.45, 2.75) is 24.3 Å². The molecule has 1 heterocycles. The van der Waals surface area contributed by atoms with Crippen LogP contribution in [0.4, 0.5) is 0 Å². The third-order valence-electron chi connectivity index (χ3n) is 3.93. The summed E-state index contributed by atoms with van der Waals surface area (Å²) >= 11 is 0. The average Bonchev–Trinajstić information content (AvgIpc) is 2.53. The van der Waals surface area contributed by atoms with Gasteiger partial charge in [0.1, 0.15) is 0 Å². The lowest BCUT2D eigenvalue weighted by Crippen LogP contribution is -2.44. The highest BCUT2D eigenvalue weighted by Crippen LogP contribution is 2.20. The lowest BCUT2D eigenvalue weighted by Gasteiger charge is -2.28. The van der Waals surface area contributed by atoms with E-state index in [1.165, 1.54) is 0 Å². The molecule has 0 saturated carbocycles. The normalized spacial score (nSPS) is 18.6. The van der Waals surface area contributed by atoms with E-state index in [1.807, 2.05) is 0 Å². The fourth-order valence-electron chi connectivity index (χ4n) is 2.47. The van der Waals surface area contributed by atoms with Crippen LogP contribution in [0.2, 0.25) is 0 Å². The molecule has 0 amide bonds. The van der Waals surface area contributed by atoms with Crippen molar-refractivity contribution in [2.75, 3.05) is 38.5 Å². The summed E-state index contributed by atoms with van der Waals surface area (Å²) in [5.41, 5.74) is 0.778. The van der Waals surface area contributed by atoms with E-state index < -0.39 is 15.9 Å². The molecule has 21 heavy (non-hydrogen) atoms. The molecule has 5 nitrogen and oxygen atoms in total. The summed E-state index contributed by atoms with van der Waals surface area (Å²) in [5.74, 6) is 0.0951. The number of piperazine rings is 1. The van der Waals surface area contributed by atoms with E-state index in [2.05, 4.69) is 10.2 Å². The van der Waals surface area contributed by atoms with Gasteiger partial charge in [-0.25, -0.2) is 8.42 Å². The van der Waals surface area contributed by atoms with Gasteiger partial charge in [-0.3, -0.25) is 0 Å². The first-order valence-electron chi connectivity index (χ1n) is 7.47. The van der Waals surface area contributed by atoms with Crippen molar-refractivity contribution in [2.24, 2.45) is 0 Å². The summed E-state index contributed by atoms with van der Waals surface area (Å²) in [7, 11) is -3.17.